The van der Waals surface area contributed by atoms with E-state index in [9.17, 15) is 9.59 Å². The van der Waals surface area contributed by atoms with E-state index in [0.717, 1.165) is 21.5 Å². The second-order valence-corrected chi connectivity index (χ2v) is 8.96. The Bertz CT molecular complexity index is 1460. The Morgan fingerprint density at radius 2 is 1.53 bits per heavy atom. The van der Waals surface area contributed by atoms with Crippen LogP contribution >= 0.6 is 11.3 Å². The SMILES string of the molecule is Cc1ccc2nc(N(Cc3ccccn3)C(=O)c3ccc(C(=O)c4ccccc4)cc3)sc2c1. The van der Waals surface area contributed by atoms with Crippen LogP contribution in [0.3, 0.4) is 0 Å². The zero-order chi connectivity index (χ0) is 23.5. The molecule has 0 unspecified atom stereocenters. The molecule has 0 atom stereocenters. The first-order valence-electron chi connectivity index (χ1n) is 10.9. The van der Waals surface area contributed by atoms with E-state index >= 15 is 0 Å². The quantitative estimate of drug-likeness (QED) is 0.286. The van der Waals surface area contributed by atoms with E-state index in [4.69, 9.17) is 4.98 Å². The lowest BCUT2D eigenvalue weighted by molar-refractivity contribution is 0.0982. The maximum atomic E-state index is 13.6. The number of ketones is 1. The van der Waals surface area contributed by atoms with Gasteiger partial charge in [-0.25, -0.2) is 4.98 Å². The molecule has 1 amide bonds. The van der Waals surface area contributed by atoms with Crippen LogP contribution in [0.2, 0.25) is 0 Å². The molecule has 2 heterocycles. The molecule has 0 saturated heterocycles. The molecule has 0 aliphatic heterocycles. The molecule has 2 aromatic heterocycles. The second kappa shape index (κ2) is 9.37. The Morgan fingerprint density at radius 1 is 0.824 bits per heavy atom. The fourth-order valence-corrected chi connectivity index (χ4v) is 4.75. The Balaban J connectivity index is 1.48. The van der Waals surface area contributed by atoms with Gasteiger partial charge in [0.25, 0.3) is 5.91 Å². The van der Waals surface area contributed by atoms with Gasteiger partial charge >= 0.3 is 0 Å². The summed E-state index contributed by atoms with van der Waals surface area (Å²) in [5, 5.41) is 0.612. The van der Waals surface area contributed by atoms with Crippen LogP contribution in [0.15, 0.2) is 97.2 Å². The Hall–Kier alpha value is -4.16. The summed E-state index contributed by atoms with van der Waals surface area (Å²) in [6.07, 6.45) is 1.71. The minimum atomic E-state index is -0.194. The number of thiazole rings is 1. The molecule has 0 aliphatic rings. The van der Waals surface area contributed by atoms with Gasteiger partial charge in [-0.05, 0) is 48.9 Å². The van der Waals surface area contributed by atoms with Crippen molar-refractivity contribution in [1.82, 2.24) is 9.97 Å². The molecule has 0 saturated carbocycles. The van der Waals surface area contributed by atoms with Crippen LogP contribution in [0.25, 0.3) is 10.2 Å². The molecule has 0 radical (unpaired) electrons. The third-order valence-corrected chi connectivity index (χ3v) is 6.53. The standard InChI is InChI=1S/C28H21N3O2S/c1-19-10-15-24-25(17-19)34-28(30-24)31(18-23-9-5-6-16-29-23)27(33)22-13-11-21(12-14-22)26(32)20-7-3-2-4-8-20/h2-17H,18H2,1H3. The largest absolute Gasteiger partial charge is 0.289 e. The van der Waals surface area contributed by atoms with Gasteiger partial charge < -0.3 is 0 Å². The molecule has 0 spiro atoms. The highest BCUT2D eigenvalue weighted by Crippen LogP contribution is 2.31. The number of benzene rings is 3. The zero-order valence-electron chi connectivity index (χ0n) is 18.5. The van der Waals surface area contributed by atoms with Crippen LogP contribution in [-0.4, -0.2) is 21.7 Å². The van der Waals surface area contributed by atoms with E-state index in [0.29, 0.717) is 28.4 Å². The van der Waals surface area contributed by atoms with Crippen LogP contribution in [0.1, 0.15) is 37.5 Å². The van der Waals surface area contributed by atoms with Crippen LogP contribution < -0.4 is 4.90 Å². The average Bonchev–Trinajstić information content (AvgIpc) is 3.30. The van der Waals surface area contributed by atoms with Crippen LogP contribution in [0, 0.1) is 6.92 Å². The van der Waals surface area contributed by atoms with E-state index in [1.165, 1.54) is 11.3 Å². The molecular weight excluding hydrogens is 442 g/mol. The van der Waals surface area contributed by atoms with E-state index in [1.807, 2.05) is 55.5 Å². The maximum Gasteiger partial charge on any atom is 0.260 e. The molecule has 6 heteroatoms. The summed E-state index contributed by atoms with van der Waals surface area (Å²) in [4.78, 5) is 37.1. The fraction of sp³-hybridized carbons (Fsp3) is 0.0714. The van der Waals surface area contributed by atoms with Gasteiger partial charge in [-0.3, -0.25) is 19.5 Å². The molecule has 0 fully saturated rings. The lowest BCUT2D eigenvalue weighted by Gasteiger charge is -2.19. The molecule has 0 N–H and O–H groups in total. The van der Waals surface area contributed by atoms with Crippen LogP contribution in [-0.2, 0) is 6.54 Å². The van der Waals surface area contributed by atoms with Gasteiger partial charge in [0.15, 0.2) is 10.9 Å². The van der Waals surface area contributed by atoms with Crippen molar-refractivity contribution in [3.8, 4) is 0 Å². The number of aryl methyl sites for hydroxylation is 1. The maximum absolute atomic E-state index is 13.6. The summed E-state index contributed by atoms with van der Waals surface area (Å²) in [7, 11) is 0. The molecule has 34 heavy (non-hydrogen) atoms. The highest BCUT2D eigenvalue weighted by molar-refractivity contribution is 7.22. The fourth-order valence-electron chi connectivity index (χ4n) is 3.69. The van der Waals surface area contributed by atoms with E-state index in [2.05, 4.69) is 11.1 Å². The number of pyridine rings is 1. The molecule has 5 rings (SSSR count). The molecule has 3 aromatic carbocycles. The minimum absolute atomic E-state index is 0.0773. The summed E-state index contributed by atoms with van der Waals surface area (Å²) in [5.41, 5.74) is 4.40. The van der Waals surface area contributed by atoms with E-state index < -0.39 is 0 Å². The van der Waals surface area contributed by atoms with Crippen molar-refractivity contribution < 1.29 is 9.59 Å². The number of aromatic nitrogens is 2. The van der Waals surface area contributed by atoms with Gasteiger partial charge in [0, 0.05) is 22.9 Å². The van der Waals surface area contributed by atoms with Crippen molar-refractivity contribution in [1.29, 1.82) is 0 Å². The summed E-state index contributed by atoms with van der Waals surface area (Å²) in [5.74, 6) is -0.272. The summed E-state index contributed by atoms with van der Waals surface area (Å²) in [6, 6.07) is 27.6. The first kappa shape index (κ1) is 21.7. The highest BCUT2D eigenvalue weighted by atomic mass is 32.1. The van der Waals surface area contributed by atoms with Crippen LogP contribution in [0.5, 0.6) is 0 Å². The number of fused-ring (bicyclic) bond motifs is 1. The topological polar surface area (TPSA) is 63.2 Å². The minimum Gasteiger partial charge on any atom is -0.289 e. The van der Waals surface area contributed by atoms with E-state index in [1.54, 1.807) is 47.5 Å². The number of rotatable bonds is 6. The van der Waals surface area contributed by atoms with Gasteiger partial charge in [0.1, 0.15) is 0 Å². The van der Waals surface area contributed by atoms with Crippen molar-refractivity contribution in [2.24, 2.45) is 0 Å². The smallest absolute Gasteiger partial charge is 0.260 e. The molecule has 0 bridgehead atoms. The summed E-state index contributed by atoms with van der Waals surface area (Å²) < 4.78 is 1.03. The third kappa shape index (κ3) is 4.49. The monoisotopic (exact) mass is 463 g/mol. The zero-order valence-corrected chi connectivity index (χ0v) is 19.3. The van der Waals surface area contributed by atoms with Crippen molar-refractivity contribution in [2.75, 3.05) is 4.90 Å². The van der Waals surface area contributed by atoms with Gasteiger partial charge in [-0.1, -0.05) is 65.9 Å². The van der Waals surface area contributed by atoms with Gasteiger partial charge in [0.05, 0.1) is 22.5 Å². The normalized spacial score (nSPS) is 10.9. The lowest BCUT2D eigenvalue weighted by Crippen LogP contribution is -2.30. The molecule has 0 aliphatic carbocycles. The van der Waals surface area contributed by atoms with Crippen LogP contribution in [0.4, 0.5) is 5.13 Å². The first-order chi connectivity index (χ1) is 16.6. The molecule has 5 nitrogen and oxygen atoms in total. The van der Waals surface area contributed by atoms with Crippen molar-refractivity contribution in [3.63, 3.8) is 0 Å². The number of carbonyl (C=O) groups excluding carboxylic acids is 2. The number of hydrogen-bond acceptors (Lipinski definition) is 5. The molecule has 166 valence electrons. The lowest BCUT2D eigenvalue weighted by atomic mass is 10.0. The number of hydrogen-bond donors (Lipinski definition) is 0. The Morgan fingerprint density at radius 3 is 2.26 bits per heavy atom. The molecular formula is C28H21N3O2S. The third-order valence-electron chi connectivity index (χ3n) is 5.48. The Kier molecular flexibility index (Phi) is 5.97. The average molecular weight is 464 g/mol. The highest BCUT2D eigenvalue weighted by Gasteiger charge is 2.23. The second-order valence-electron chi connectivity index (χ2n) is 7.95. The number of carbonyl (C=O) groups is 2. The number of anilines is 1. The predicted octanol–water partition coefficient (Wildman–Crippen LogP) is 6.08. The first-order valence-corrected chi connectivity index (χ1v) is 11.7. The Labute approximate surface area is 201 Å². The van der Waals surface area contributed by atoms with Crippen molar-refractivity contribution in [2.45, 2.75) is 13.5 Å². The summed E-state index contributed by atoms with van der Waals surface area (Å²) in [6.45, 7) is 2.33. The van der Waals surface area contributed by atoms with Gasteiger partial charge in [-0.2, -0.15) is 0 Å². The summed E-state index contributed by atoms with van der Waals surface area (Å²) >= 11 is 1.48. The number of nitrogens with zero attached hydrogens (tertiary/aromatic N) is 3. The predicted molar refractivity (Wildman–Crippen MR) is 135 cm³/mol. The van der Waals surface area contributed by atoms with Gasteiger partial charge in [-0.15, -0.1) is 0 Å². The van der Waals surface area contributed by atoms with Crippen molar-refractivity contribution in [3.05, 3.63) is 125 Å². The van der Waals surface area contributed by atoms with Gasteiger partial charge in [0.2, 0.25) is 0 Å². The number of amides is 1. The molecule has 5 aromatic rings. The van der Waals surface area contributed by atoms with Crippen molar-refractivity contribution >= 4 is 38.4 Å². The van der Waals surface area contributed by atoms with E-state index in [-0.39, 0.29) is 11.7 Å².